The van der Waals surface area contributed by atoms with E-state index in [0.29, 0.717) is 19.6 Å². The Bertz CT molecular complexity index is 335. The summed E-state index contributed by atoms with van der Waals surface area (Å²) < 4.78 is 4.96. The SMILES string of the molecule is CCOC(=O)CC(C)N1CCN2C(=O)NCC2C1. The second kappa shape index (κ2) is 5.56. The van der Waals surface area contributed by atoms with Crippen molar-refractivity contribution in [3.8, 4) is 0 Å². The third-order valence-electron chi connectivity index (χ3n) is 3.65. The van der Waals surface area contributed by atoms with Crippen LogP contribution < -0.4 is 5.32 Å². The molecule has 1 N–H and O–H groups in total. The first-order valence-electron chi connectivity index (χ1n) is 6.56. The number of nitrogens with zero attached hydrogens (tertiary/aromatic N) is 2. The molecule has 2 atom stereocenters. The fraction of sp³-hybridized carbons (Fsp3) is 0.833. The number of nitrogens with one attached hydrogen (secondary N) is 1. The monoisotopic (exact) mass is 255 g/mol. The van der Waals surface area contributed by atoms with Gasteiger partial charge in [0.15, 0.2) is 0 Å². The molecule has 0 spiro atoms. The fourth-order valence-electron chi connectivity index (χ4n) is 2.62. The van der Waals surface area contributed by atoms with E-state index in [1.54, 1.807) is 0 Å². The van der Waals surface area contributed by atoms with Gasteiger partial charge in [-0.05, 0) is 13.8 Å². The van der Waals surface area contributed by atoms with Crippen LogP contribution in [0.15, 0.2) is 0 Å². The molecule has 0 radical (unpaired) electrons. The molecule has 6 nitrogen and oxygen atoms in total. The molecule has 18 heavy (non-hydrogen) atoms. The Morgan fingerprint density at radius 1 is 1.56 bits per heavy atom. The zero-order chi connectivity index (χ0) is 13.1. The molecule has 6 heteroatoms. The van der Waals surface area contributed by atoms with E-state index in [-0.39, 0.29) is 24.1 Å². The number of carbonyl (C=O) groups is 2. The molecule has 0 aromatic rings. The minimum atomic E-state index is -0.145. The Labute approximate surface area is 107 Å². The molecule has 2 aliphatic rings. The highest BCUT2D eigenvalue weighted by Gasteiger charge is 2.36. The van der Waals surface area contributed by atoms with Gasteiger partial charge in [-0.1, -0.05) is 0 Å². The molecular formula is C12H21N3O3. The highest BCUT2D eigenvalue weighted by Crippen LogP contribution is 2.17. The molecule has 0 saturated carbocycles. The van der Waals surface area contributed by atoms with E-state index >= 15 is 0 Å². The first-order chi connectivity index (χ1) is 8.61. The van der Waals surface area contributed by atoms with Crippen molar-refractivity contribution in [3.05, 3.63) is 0 Å². The van der Waals surface area contributed by atoms with Crippen LogP contribution in [0.25, 0.3) is 0 Å². The summed E-state index contributed by atoms with van der Waals surface area (Å²) in [5.74, 6) is -0.145. The zero-order valence-electron chi connectivity index (χ0n) is 11.0. The van der Waals surface area contributed by atoms with Crippen molar-refractivity contribution in [2.45, 2.75) is 32.4 Å². The van der Waals surface area contributed by atoms with Crippen LogP contribution in [0, 0.1) is 0 Å². The first kappa shape index (κ1) is 13.1. The van der Waals surface area contributed by atoms with E-state index in [9.17, 15) is 9.59 Å². The topological polar surface area (TPSA) is 61.9 Å². The molecule has 0 aromatic heterocycles. The number of rotatable bonds is 4. The van der Waals surface area contributed by atoms with E-state index in [2.05, 4.69) is 10.2 Å². The third-order valence-corrected chi connectivity index (χ3v) is 3.65. The van der Waals surface area contributed by atoms with Crippen LogP contribution in [0.1, 0.15) is 20.3 Å². The summed E-state index contributed by atoms with van der Waals surface area (Å²) in [6.07, 6.45) is 0.419. The van der Waals surface area contributed by atoms with Crippen molar-refractivity contribution >= 4 is 12.0 Å². The minimum Gasteiger partial charge on any atom is -0.466 e. The largest absolute Gasteiger partial charge is 0.466 e. The molecule has 0 aliphatic carbocycles. The summed E-state index contributed by atoms with van der Waals surface area (Å²) in [5.41, 5.74) is 0. The second-order valence-corrected chi connectivity index (χ2v) is 4.89. The summed E-state index contributed by atoms with van der Waals surface area (Å²) in [7, 11) is 0. The van der Waals surface area contributed by atoms with Crippen molar-refractivity contribution in [2.75, 3.05) is 32.8 Å². The van der Waals surface area contributed by atoms with Gasteiger partial charge < -0.3 is 15.0 Å². The summed E-state index contributed by atoms with van der Waals surface area (Å²) in [6, 6.07) is 0.454. The lowest BCUT2D eigenvalue weighted by atomic mass is 10.1. The first-order valence-corrected chi connectivity index (χ1v) is 6.56. The van der Waals surface area contributed by atoms with Crippen LogP contribution in [-0.4, -0.2) is 66.7 Å². The molecule has 2 aliphatic heterocycles. The summed E-state index contributed by atoms with van der Waals surface area (Å²) in [4.78, 5) is 27.1. The Morgan fingerprint density at radius 3 is 3.06 bits per heavy atom. The molecule has 102 valence electrons. The van der Waals surface area contributed by atoms with Gasteiger partial charge in [0, 0.05) is 32.2 Å². The number of hydrogen-bond donors (Lipinski definition) is 1. The summed E-state index contributed by atoms with van der Waals surface area (Å²) >= 11 is 0. The maximum Gasteiger partial charge on any atom is 0.317 e. The Hall–Kier alpha value is -1.30. The highest BCUT2D eigenvalue weighted by atomic mass is 16.5. The van der Waals surface area contributed by atoms with Gasteiger partial charge in [0.25, 0.3) is 0 Å². The van der Waals surface area contributed by atoms with E-state index in [1.165, 1.54) is 0 Å². The molecule has 0 aromatic carbocycles. The van der Waals surface area contributed by atoms with Crippen molar-refractivity contribution in [1.29, 1.82) is 0 Å². The maximum absolute atomic E-state index is 11.5. The molecule has 2 amide bonds. The van der Waals surface area contributed by atoms with Gasteiger partial charge in [0.1, 0.15) is 0 Å². The van der Waals surface area contributed by atoms with Crippen LogP contribution >= 0.6 is 0 Å². The van der Waals surface area contributed by atoms with E-state index in [0.717, 1.165) is 19.6 Å². The van der Waals surface area contributed by atoms with Gasteiger partial charge in [-0.2, -0.15) is 0 Å². The highest BCUT2D eigenvalue weighted by molar-refractivity contribution is 5.77. The predicted molar refractivity (Wildman–Crippen MR) is 66.2 cm³/mol. The number of urea groups is 1. The molecule has 2 rings (SSSR count). The number of carbonyl (C=O) groups excluding carboxylic acids is 2. The Kier molecular flexibility index (Phi) is 4.06. The average Bonchev–Trinajstić information content (AvgIpc) is 2.71. The predicted octanol–water partition coefficient (Wildman–Crippen LogP) is 0.0375. The molecule has 0 bridgehead atoms. The van der Waals surface area contributed by atoms with Gasteiger partial charge in [0.2, 0.25) is 0 Å². The lowest BCUT2D eigenvalue weighted by Gasteiger charge is -2.39. The van der Waals surface area contributed by atoms with Gasteiger partial charge in [0.05, 0.1) is 19.1 Å². The van der Waals surface area contributed by atoms with Gasteiger partial charge in [-0.25, -0.2) is 4.79 Å². The lowest BCUT2D eigenvalue weighted by Crippen LogP contribution is -2.54. The number of piperazine rings is 1. The zero-order valence-corrected chi connectivity index (χ0v) is 11.0. The van der Waals surface area contributed by atoms with Crippen LogP contribution in [-0.2, 0) is 9.53 Å². The smallest absolute Gasteiger partial charge is 0.317 e. The van der Waals surface area contributed by atoms with Crippen LogP contribution in [0.3, 0.4) is 0 Å². The van der Waals surface area contributed by atoms with E-state index in [1.807, 2.05) is 18.7 Å². The van der Waals surface area contributed by atoms with E-state index in [4.69, 9.17) is 4.74 Å². The maximum atomic E-state index is 11.5. The van der Waals surface area contributed by atoms with Crippen molar-refractivity contribution in [2.24, 2.45) is 0 Å². The number of fused-ring (bicyclic) bond motifs is 1. The molecule has 2 fully saturated rings. The number of hydrogen-bond acceptors (Lipinski definition) is 4. The minimum absolute atomic E-state index is 0.0395. The van der Waals surface area contributed by atoms with Crippen molar-refractivity contribution in [1.82, 2.24) is 15.1 Å². The van der Waals surface area contributed by atoms with Crippen LogP contribution in [0.5, 0.6) is 0 Å². The number of amides is 2. The third kappa shape index (κ3) is 2.75. The van der Waals surface area contributed by atoms with Crippen molar-refractivity contribution < 1.29 is 14.3 Å². The van der Waals surface area contributed by atoms with Gasteiger partial charge in [-0.3, -0.25) is 9.69 Å². The second-order valence-electron chi connectivity index (χ2n) is 4.89. The van der Waals surface area contributed by atoms with Crippen molar-refractivity contribution in [3.63, 3.8) is 0 Å². The van der Waals surface area contributed by atoms with Gasteiger partial charge in [-0.15, -0.1) is 0 Å². The Balaban J connectivity index is 1.84. The molecule has 2 unspecified atom stereocenters. The quantitative estimate of drug-likeness (QED) is 0.720. The molecule has 2 heterocycles. The normalized spacial score (nSPS) is 25.6. The fourth-order valence-corrected chi connectivity index (χ4v) is 2.62. The number of ether oxygens (including phenoxy) is 1. The molecular weight excluding hydrogens is 234 g/mol. The lowest BCUT2D eigenvalue weighted by molar-refractivity contribution is -0.144. The Morgan fingerprint density at radius 2 is 2.33 bits per heavy atom. The van der Waals surface area contributed by atoms with E-state index < -0.39 is 0 Å². The van der Waals surface area contributed by atoms with Gasteiger partial charge >= 0.3 is 12.0 Å². The van der Waals surface area contributed by atoms with Crippen LogP contribution in [0.2, 0.25) is 0 Å². The standard InChI is InChI=1S/C12H21N3O3/c1-3-18-11(16)6-9(2)14-4-5-15-10(8-14)7-13-12(15)17/h9-10H,3-8H2,1-2H3,(H,13,17). The van der Waals surface area contributed by atoms with Crippen LogP contribution in [0.4, 0.5) is 4.79 Å². The number of esters is 1. The summed E-state index contributed by atoms with van der Waals surface area (Å²) in [6.45, 7) is 7.39. The average molecular weight is 255 g/mol. The molecule has 2 saturated heterocycles. The summed E-state index contributed by atoms with van der Waals surface area (Å²) in [5, 5.41) is 2.85.